The summed E-state index contributed by atoms with van der Waals surface area (Å²) >= 11 is 0. The molecular formula is C17H23N3. The van der Waals surface area contributed by atoms with E-state index in [1.165, 1.54) is 16.8 Å². The van der Waals surface area contributed by atoms with Crippen molar-refractivity contribution in [2.24, 2.45) is 7.05 Å². The van der Waals surface area contributed by atoms with Gasteiger partial charge in [0.25, 0.3) is 0 Å². The minimum atomic E-state index is 0.309. The molecule has 2 aromatic rings. The minimum absolute atomic E-state index is 0.309. The fourth-order valence-corrected chi connectivity index (χ4v) is 2.52. The number of nitrogens with zero attached hydrogens (tertiary/aromatic N) is 2. The standard InChI is InChI=1S/C17H23N3/c1-13(17-14(2)19-20(4)15(17)3)18-12-8-11-16-9-6-5-7-10-16/h5-11,13,18H,12H2,1-4H3. The van der Waals surface area contributed by atoms with E-state index in [9.17, 15) is 0 Å². The van der Waals surface area contributed by atoms with E-state index in [2.05, 4.69) is 67.6 Å². The van der Waals surface area contributed by atoms with Gasteiger partial charge in [-0.25, -0.2) is 0 Å². The van der Waals surface area contributed by atoms with Crippen LogP contribution in [0.4, 0.5) is 0 Å². The first-order chi connectivity index (χ1) is 9.59. The molecule has 106 valence electrons. The zero-order valence-corrected chi connectivity index (χ0v) is 12.7. The van der Waals surface area contributed by atoms with Gasteiger partial charge in [0, 0.05) is 30.9 Å². The maximum Gasteiger partial charge on any atom is 0.0644 e. The second-order valence-electron chi connectivity index (χ2n) is 5.15. The van der Waals surface area contributed by atoms with Gasteiger partial charge in [-0.2, -0.15) is 5.10 Å². The van der Waals surface area contributed by atoms with Crippen molar-refractivity contribution >= 4 is 6.08 Å². The molecule has 0 saturated carbocycles. The summed E-state index contributed by atoms with van der Waals surface area (Å²) < 4.78 is 1.95. The van der Waals surface area contributed by atoms with E-state index in [4.69, 9.17) is 0 Å². The fraction of sp³-hybridized carbons (Fsp3) is 0.353. The Hall–Kier alpha value is -1.87. The van der Waals surface area contributed by atoms with Crippen LogP contribution in [-0.4, -0.2) is 16.3 Å². The van der Waals surface area contributed by atoms with Gasteiger partial charge in [-0.1, -0.05) is 42.5 Å². The third kappa shape index (κ3) is 3.36. The summed E-state index contributed by atoms with van der Waals surface area (Å²) in [6.45, 7) is 7.23. The van der Waals surface area contributed by atoms with Crippen molar-refractivity contribution in [2.75, 3.05) is 6.54 Å². The summed E-state index contributed by atoms with van der Waals surface area (Å²) in [5.41, 5.74) is 4.88. The average Bonchev–Trinajstić information content (AvgIpc) is 2.69. The molecule has 0 fully saturated rings. The lowest BCUT2D eigenvalue weighted by molar-refractivity contribution is 0.610. The van der Waals surface area contributed by atoms with Crippen LogP contribution >= 0.6 is 0 Å². The van der Waals surface area contributed by atoms with E-state index < -0.39 is 0 Å². The maximum absolute atomic E-state index is 4.47. The van der Waals surface area contributed by atoms with Gasteiger partial charge >= 0.3 is 0 Å². The van der Waals surface area contributed by atoms with Crippen molar-refractivity contribution in [3.8, 4) is 0 Å². The molecule has 1 heterocycles. The molecule has 2 rings (SSSR count). The predicted octanol–water partition coefficient (Wildman–Crippen LogP) is 3.40. The molecule has 1 aromatic carbocycles. The van der Waals surface area contributed by atoms with E-state index in [1.54, 1.807) is 0 Å². The first kappa shape index (κ1) is 14.5. The third-order valence-electron chi connectivity index (χ3n) is 3.65. The van der Waals surface area contributed by atoms with Crippen molar-refractivity contribution in [1.29, 1.82) is 0 Å². The lowest BCUT2D eigenvalue weighted by atomic mass is 10.1. The maximum atomic E-state index is 4.47. The zero-order chi connectivity index (χ0) is 14.5. The number of aromatic nitrogens is 2. The lowest BCUT2D eigenvalue weighted by Gasteiger charge is -2.13. The summed E-state index contributed by atoms with van der Waals surface area (Å²) in [6.07, 6.45) is 4.30. The Morgan fingerprint density at radius 3 is 2.55 bits per heavy atom. The molecule has 3 nitrogen and oxygen atoms in total. The van der Waals surface area contributed by atoms with Crippen LogP contribution in [0.15, 0.2) is 36.4 Å². The molecule has 3 heteroatoms. The second kappa shape index (κ2) is 6.53. The Bertz CT molecular complexity index is 582. The van der Waals surface area contributed by atoms with Crippen molar-refractivity contribution in [2.45, 2.75) is 26.8 Å². The Labute approximate surface area is 121 Å². The highest BCUT2D eigenvalue weighted by Gasteiger charge is 2.14. The zero-order valence-electron chi connectivity index (χ0n) is 12.7. The molecule has 1 unspecified atom stereocenters. The minimum Gasteiger partial charge on any atom is -0.307 e. The molecule has 0 bridgehead atoms. The second-order valence-corrected chi connectivity index (χ2v) is 5.15. The van der Waals surface area contributed by atoms with E-state index in [-0.39, 0.29) is 0 Å². The SMILES string of the molecule is Cc1nn(C)c(C)c1C(C)NCC=Cc1ccccc1. The van der Waals surface area contributed by atoms with Crippen molar-refractivity contribution in [3.63, 3.8) is 0 Å². The number of hydrogen-bond acceptors (Lipinski definition) is 2. The van der Waals surface area contributed by atoms with E-state index in [0.29, 0.717) is 6.04 Å². The molecule has 1 atom stereocenters. The molecule has 0 spiro atoms. The lowest BCUT2D eigenvalue weighted by Crippen LogP contribution is -2.19. The smallest absolute Gasteiger partial charge is 0.0644 e. The van der Waals surface area contributed by atoms with Gasteiger partial charge in [0.2, 0.25) is 0 Å². The van der Waals surface area contributed by atoms with E-state index >= 15 is 0 Å². The van der Waals surface area contributed by atoms with Gasteiger partial charge in [-0.3, -0.25) is 4.68 Å². The average molecular weight is 269 g/mol. The normalized spacial score (nSPS) is 13.0. The highest BCUT2D eigenvalue weighted by Crippen LogP contribution is 2.20. The van der Waals surface area contributed by atoms with Crippen LogP contribution in [0.5, 0.6) is 0 Å². The number of nitrogens with one attached hydrogen (secondary N) is 1. The molecule has 0 amide bonds. The van der Waals surface area contributed by atoms with Crippen LogP contribution in [0.2, 0.25) is 0 Å². The monoisotopic (exact) mass is 269 g/mol. The molecule has 1 N–H and O–H groups in total. The summed E-state index contributed by atoms with van der Waals surface area (Å²) in [5.74, 6) is 0. The van der Waals surface area contributed by atoms with Crippen LogP contribution in [0, 0.1) is 13.8 Å². The molecule has 1 aromatic heterocycles. The molecule has 0 saturated heterocycles. The highest BCUT2D eigenvalue weighted by atomic mass is 15.3. The fourth-order valence-electron chi connectivity index (χ4n) is 2.52. The molecule has 20 heavy (non-hydrogen) atoms. The van der Waals surface area contributed by atoms with E-state index in [1.807, 2.05) is 17.8 Å². The first-order valence-electron chi connectivity index (χ1n) is 7.04. The van der Waals surface area contributed by atoms with Crippen LogP contribution < -0.4 is 5.32 Å². The molecule has 0 radical (unpaired) electrons. The largest absolute Gasteiger partial charge is 0.307 e. The first-order valence-corrected chi connectivity index (χ1v) is 7.04. The number of benzene rings is 1. The van der Waals surface area contributed by atoms with Crippen LogP contribution in [0.3, 0.4) is 0 Å². The van der Waals surface area contributed by atoms with Crippen molar-refractivity contribution < 1.29 is 0 Å². The molecule has 0 aliphatic carbocycles. The van der Waals surface area contributed by atoms with Gasteiger partial charge in [-0.15, -0.1) is 0 Å². The van der Waals surface area contributed by atoms with Gasteiger partial charge in [0.05, 0.1) is 5.69 Å². The predicted molar refractivity (Wildman–Crippen MR) is 84.6 cm³/mol. The van der Waals surface area contributed by atoms with Crippen LogP contribution in [0.25, 0.3) is 6.08 Å². The molecule has 0 aliphatic rings. The quantitative estimate of drug-likeness (QED) is 0.901. The Balaban J connectivity index is 1.92. The summed E-state index contributed by atoms with van der Waals surface area (Å²) in [7, 11) is 1.99. The van der Waals surface area contributed by atoms with Crippen LogP contribution in [0.1, 0.15) is 35.5 Å². The molecule has 0 aliphatic heterocycles. The highest BCUT2D eigenvalue weighted by molar-refractivity contribution is 5.48. The van der Waals surface area contributed by atoms with Crippen molar-refractivity contribution in [1.82, 2.24) is 15.1 Å². The Morgan fingerprint density at radius 1 is 1.25 bits per heavy atom. The number of aryl methyl sites for hydroxylation is 2. The van der Waals surface area contributed by atoms with Gasteiger partial charge in [0.15, 0.2) is 0 Å². The van der Waals surface area contributed by atoms with Gasteiger partial charge in [-0.05, 0) is 26.3 Å². The van der Waals surface area contributed by atoms with E-state index in [0.717, 1.165) is 12.2 Å². The van der Waals surface area contributed by atoms with Crippen LogP contribution in [-0.2, 0) is 7.05 Å². The topological polar surface area (TPSA) is 29.9 Å². The summed E-state index contributed by atoms with van der Waals surface area (Å²) in [4.78, 5) is 0. The van der Waals surface area contributed by atoms with Gasteiger partial charge < -0.3 is 5.32 Å². The summed E-state index contributed by atoms with van der Waals surface area (Å²) in [6, 6.07) is 10.7. The van der Waals surface area contributed by atoms with Gasteiger partial charge in [0.1, 0.15) is 0 Å². The summed E-state index contributed by atoms with van der Waals surface area (Å²) in [5, 5.41) is 7.99. The Kier molecular flexibility index (Phi) is 4.74. The number of rotatable bonds is 5. The Morgan fingerprint density at radius 2 is 1.95 bits per heavy atom. The van der Waals surface area contributed by atoms with Crippen molar-refractivity contribution in [3.05, 3.63) is 58.9 Å². The number of hydrogen-bond donors (Lipinski definition) is 1. The molecular weight excluding hydrogens is 246 g/mol. The third-order valence-corrected chi connectivity index (χ3v) is 3.65.